The molecule has 1 fully saturated rings. The second-order valence-electron chi connectivity index (χ2n) is 5.52. The van der Waals surface area contributed by atoms with Gasteiger partial charge in [-0.25, -0.2) is 15.4 Å². The van der Waals surface area contributed by atoms with Gasteiger partial charge >= 0.3 is 0 Å². The van der Waals surface area contributed by atoms with E-state index in [1.54, 1.807) is 0 Å². The molecule has 108 valence electrons. The number of thiophene rings is 1. The maximum atomic E-state index is 11.9. The molecule has 2 N–H and O–H groups in total. The number of nitrogens with one attached hydrogen (secondary N) is 2. The highest BCUT2D eigenvalue weighted by Crippen LogP contribution is 2.20. The van der Waals surface area contributed by atoms with Crippen molar-refractivity contribution < 1.29 is 0 Å². The molecule has 0 amide bonds. The summed E-state index contributed by atoms with van der Waals surface area (Å²) in [6.45, 7) is 5.04. The van der Waals surface area contributed by atoms with Gasteiger partial charge in [-0.3, -0.25) is 4.79 Å². The van der Waals surface area contributed by atoms with Crippen LogP contribution >= 0.6 is 11.3 Å². The first-order valence-electron chi connectivity index (χ1n) is 7.13. The zero-order valence-corrected chi connectivity index (χ0v) is 12.7. The number of rotatable bonds is 3. The summed E-state index contributed by atoms with van der Waals surface area (Å²) in [5.74, 6) is 0.700. The van der Waals surface area contributed by atoms with Gasteiger partial charge in [0, 0.05) is 12.1 Å². The summed E-state index contributed by atoms with van der Waals surface area (Å²) in [5.41, 5.74) is 4.17. The van der Waals surface area contributed by atoms with Crippen molar-refractivity contribution in [3.63, 3.8) is 0 Å². The lowest BCUT2D eigenvalue weighted by molar-refractivity contribution is 0.0426. The van der Waals surface area contributed by atoms with E-state index in [1.165, 1.54) is 30.6 Å². The van der Waals surface area contributed by atoms with Gasteiger partial charge in [-0.15, -0.1) is 11.3 Å². The van der Waals surface area contributed by atoms with Crippen LogP contribution in [0.15, 0.2) is 16.2 Å². The van der Waals surface area contributed by atoms with E-state index in [0.29, 0.717) is 29.2 Å². The number of piperidine rings is 1. The first-order valence-corrected chi connectivity index (χ1v) is 8.01. The summed E-state index contributed by atoms with van der Waals surface area (Å²) < 4.78 is 0.702. The number of hydrazine groups is 1. The summed E-state index contributed by atoms with van der Waals surface area (Å²) in [6, 6.07) is 2.94. The van der Waals surface area contributed by atoms with Crippen LogP contribution in [0.5, 0.6) is 0 Å². The maximum Gasteiger partial charge on any atom is 0.268 e. The Morgan fingerprint density at radius 1 is 1.45 bits per heavy atom. The highest BCUT2D eigenvalue weighted by molar-refractivity contribution is 7.17. The molecular weight excluding hydrogens is 272 g/mol. The van der Waals surface area contributed by atoms with Gasteiger partial charge in [0.1, 0.15) is 10.5 Å². The second-order valence-corrected chi connectivity index (χ2v) is 6.43. The molecule has 2 aromatic heterocycles. The Kier molecular flexibility index (Phi) is 3.87. The molecule has 1 saturated heterocycles. The number of aromatic amines is 1. The third kappa shape index (κ3) is 2.63. The average Bonchev–Trinajstić information content (AvgIpc) is 2.87. The van der Waals surface area contributed by atoms with Crippen LogP contribution in [0.25, 0.3) is 10.2 Å². The molecule has 1 aliphatic rings. The van der Waals surface area contributed by atoms with Gasteiger partial charge in [-0.05, 0) is 38.1 Å². The molecule has 2 atom stereocenters. The Labute approximate surface area is 122 Å². The minimum atomic E-state index is -0.0402. The summed E-state index contributed by atoms with van der Waals surface area (Å²) in [6.07, 6.45) is 3.71. The van der Waals surface area contributed by atoms with Gasteiger partial charge in [0.15, 0.2) is 0 Å². The first kappa shape index (κ1) is 13.7. The highest BCUT2D eigenvalue weighted by Gasteiger charge is 2.24. The van der Waals surface area contributed by atoms with Crippen molar-refractivity contribution in [1.82, 2.24) is 20.4 Å². The van der Waals surface area contributed by atoms with Crippen molar-refractivity contribution in [3.8, 4) is 0 Å². The molecule has 2 aromatic rings. The minimum absolute atomic E-state index is 0.0402. The number of fused-ring (bicyclic) bond motifs is 1. The lowest BCUT2D eigenvalue weighted by Gasteiger charge is -2.38. The molecule has 0 aliphatic carbocycles. The number of nitrogens with zero attached hydrogens (tertiary/aromatic N) is 2. The molecule has 20 heavy (non-hydrogen) atoms. The van der Waals surface area contributed by atoms with Crippen LogP contribution in [-0.2, 0) is 6.54 Å². The van der Waals surface area contributed by atoms with Crippen LogP contribution in [0.4, 0.5) is 0 Å². The Hall–Kier alpha value is -1.24. The summed E-state index contributed by atoms with van der Waals surface area (Å²) in [5, 5.41) is 4.19. The third-order valence-corrected chi connectivity index (χ3v) is 4.89. The molecule has 0 radical (unpaired) electrons. The number of hydrogen-bond donors (Lipinski definition) is 2. The summed E-state index contributed by atoms with van der Waals surface area (Å²) >= 11 is 1.43. The van der Waals surface area contributed by atoms with E-state index >= 15 is 0 Å². The van der Waals surface area contributed by atoms with Crippen LogP contribution in [0.2, 0.25) is 0 Å². The molecule has 0 bridgehead atoms. The van der Waals surface area contributed by atoms with Gasteiger partial charge in [0.2, 0.25) is 0 Å². The number of aromatic nitrogens is 2. The Morgan fingerprint density at radius 2 is 2.20 bits per heavy atom. The summed E-state index contributed by atoms with van der Waals surface area (Å²) in [4.78, 5) is 19.3. The van der Waals surface area contributed by atoms with E-state index in [4.69, 9.17) is 0 Å². The molecule has 3 rings (SSSR count). The van der Waals surface area contributed by atoms with Crippen molar-refractivity contribution in [2.75, 3.05) is 0 Å². The third-order valence-electron chi connectivity index (χ3n) is 3.99. The standard InChI is InChI=1S/C14H20N4OS/c1-9-4-3-5-10(2)18(9)15-8-12-16-11-6-7-20-13(11)14(19)17-12/h6-7,9-10,15H,3-5,8H2,1-2H3,(H,16,17,19). The molecule has 0 aromatic carbocycles. The molecule has 1 aliphatic heterocycles. The smallest absolute Gasteiger partial charge is 0.268 e. The van der Waals surface area contributed by atoms with Crippen LogP contribution in [0.3, 0.4) is 0 Å². The largest absolute Gasteiger partial charge is 0.308 e. The Bertz CT molecular complexity index is 640. The Morgan fingerprint density at radius 3 is 2.95 bits per heavy atom. The second kappa shape index (κ2) is 5.63. The fraction of sp³-hybridized carbons (Fsp3) is 0.571. The molecular formula is C14H20N4OS. The van der Waals surface area contributed by atoms with E-state index in [9.17, 15) is 4.79 Å². The first-order chi connectivity index (χ1) is 9.65. The zero-order valence-electron chi connectivity index (χ0n) is 11.8. The maximum absolute atomic E-state index is 11.9. The van der Waals surface area contributed by atoms with Crippen LogP contribution in [-0.4, -0.2) is 27.1 Å². The van der Waals surface area contributed by atoms with Crippen LogP contribution < -0.4 is 11.0 Å². The van der Waals surface area contributed by atoms with Crippen molar-refractivity contribution in [2.24, 2.45) is 0 Å². The van der Waals surface area contributed by atoms with Crippen molar-refractivity contribution in [3.05, 3.63) is 27.6 Å². The molecule has 5 nitrogen and oxygen atoms in total. The summed E-state index contributed by atoms with van der Waals surface area (Å²) in [7, 11) is 0. The zero-order chi connectivity index (χ0) is 14.1. The van der Waals surface area contributed by atoms with Gasteiger partial charge in [0.05, 0.1) is 12.1 Å². The number of H-pyrrole nitrogens is 1. The van der Waals surface area contributed by atoms with Crippen molar-refractivity contribution in [2.45, 2.75) is 51.7 Å². The SMILES string of the molecule is CC1CCCC(C)N1NCc1nc2ccsc2c(=O)[nH]1. The molecule has 0 saturated carbocycles. The minimum Gasteiger partial charge on any atom is -0.308 e. The fourth-order valence-electron chi connectivity index (χ4n) is 2.90. The van der Waals surface area contributed by atoms with Crippen molar-refractivity contribution in [1.29, 1.82) is 0 Å². The van der Waals surface area contributed by atoms with E-state index in [-0.39, 0.29) is 5.56 Å². The Balaban J connectivity index is 1.74. The topological polar surface area (TPSA) is 61.0 Å². The van der Waals surface area contributed by atoms with Gasteiger partial charge in [-0.2, -0.15) is 0 Å². The lowest BCUT2D eigenvalue weighted by Crippen LogP contribution is -2.51. The van der Waals surface area contributed by atoms with Gasteiger partial charge in [0.25, 0.3) is 5.56 Å². The highest BCUT2D eigenvalue weighted by atomic mass is 32.1. The predicted octanol–water partition coefficient (Wildman–Crippen LogP) is 2.25. The van der Waals surface area contributed by atoms with Crippen molar-refractivity contribution >= 4 is 21.6 Å². The number of hydrogen-bond acceptors (Lipinski definition) is 5. The van der Waals surface area contributed by atoms with Crippen LogP contribution in [0, 0.1) is 0 Å². The van der Waals surface area contributed by atoms with E-state index in [1.807, 2.05) is 11.4 Å². The van der Waals surface area contributed by atoms with Gasteiger partial charge in [-0.1, -0.05) is 6.42 Å². The predicted molar refractivity (Wildman–Crippen MR) is 81.7 cm³/mol. The molecule has 2 unspecified atom stereocenters. The van der Waals surface area contributed by atoms with E-state index in [2.05, 4.69) is 34.3 Å². The molecule has 3 heterocycles. The quantitative estimate of drug-likeness (QED) is 0.911. The monoisotopic (exact) mass is 292 g/mol. The lowest BCUT2D eigenvalue weighted by atomic mass is 10.00. The van der Waals surface area contributed by atoms with E-state index in [0.717, 1.165) is 5.52 Å². The molecule has 6 heteroatoms. The van der Waals surface area contributed by atoms with E-state index < -0.39 is 0 Å². The fourth-order valence-corrected chi connectivity index (χ4v) is 3.63. The van der Waals surface area contributed by atoms with Crippen LogP contribution in [0.1, 0.15) is 38.9 Å². The average molecular weight is 292 g/mol. The van der Waals surface area contributed by atoms with Gasteiger partial charge < -0.3 is 4.98 Å². The normalized spacial score (nSPS) is 24.3. The molecule has 0 spiro atoms.